The van der Waals surface area contributed by atoms with E-state index in [0.29, 0.717) is 0 Å². The van der Waals surface area contributed by atoms with Crippen molar-refractivity contribution in [3.8, 4) is 45.0 Å². The fourth-order valence-electron chi connectivity index (χ4n) is 6.07. The van der Waals surface area contributed by atoms with Gasteiger partial charge in [-0.25, -0.2) is 9.98 Å². The molecule has 1 aliphatic heterocycles. The van der Waals surface area contributed by atoms with Crippen LogP contribution in [0.5, 0.6) is 0 Å². The van der Waals surface area contributed by atoms with Gasteiger partial charge in [-0.1, -0.05) is 133 Å². The van der Waals surface area contributed by atoms with Gasteiger partial charge in [-0.15, -0.1) is 0 Å². The van der Waals surface area contributed by atoms with Crippen LogP contribution >= 0.6 is 45.2 Å². The quantitative estimate of drug-likeness (QED) is 0.160. The Morgan fingerprint density at radius 2 is 1.02 bits per heavy atom. The van der Waals surface area contributed by atoms with Crippen molar-refractivity contribution in [1.29, 1.82) is 0 Å². The molecule has 6 aromatic carbocycles. The largest absolute Gasteiger partial charge is 0.337 e. The molecule has 1 atom stereocenters. The lowest BCUT2D eigenvalue weighted by atomic mass is 9.95. The minimum absolute atomic E-state index is 0.152. The maximum Gasteiger partial charge on any atom is 0.155 e. The van der Waals surface area contributed by atoms with E-state index in [1.165, 1.54) is 3.57 Å². The minimum Gasteiger partial charge on any atom is -0.337 e. The predicted molar refractivity (Wildman–Crippen MR) is 214 cm³/mol. The van der Waals surface area contributed by atoms with Crippen LogP contribution < -0.4 is 0 Å². The second-order valence-electron chi connectivity index (χ2n) is 11.6. The number of benzene rings is 6. The molecule has 0 saturated heterocycles. The summed E-state index contributed by atoms with van der Waals surface area (Å²) in [6.07, 6.45) is 0. The van der Waals surface area contributed by atoms with Gasteiger partial charge in [0.15, 0.2) is 5.84 Å². The lowest BCUT2D eigenvalue weighted by molar-refractivity contribution is 0.986. The number of halogens is 2. The molecule has 1 aliphatic rings. The monoisotopic (exact) mass is 842 g/mol. The molecule has 0 amide bonds. The molecule has 8 rings (SSSR count). The molecule has 48 heavy (non-hydrogen) atoms. The van der Waals surface area contributed by atoms with Gasteiger partial charge in [0.2, 0.25) is 0 Å². The average Bonchev–Trinajstić information content (AvgIpc) is 3.79. The Hall–Kier alpha value is -4.67. The molecule has 7 aromatic rings. The Labute approximate surface area is 307 Å². The zero-order valence-electron chi connectivity index (χ0n) is 25.7. The van der Waals surface area contributed by atoms with Gasteiger partial charge in [-0.2, -0.15) is 0 Å². The fraction of sp³-hybridized carbons (Fsp3) is 0.0238. The molecule has 0 fully saturated rings. The normalized spacial score (nSPS) is 14.1. The van der Waals surface area contributed by atoms with E-state index in [2.05, 4.69) is 196 Å². The fourth-order valence-corrected chi connectivity index (χ4v) is 7.15. The van der Waals surface area contributed by atoms with Crippen LogP contribution in [0.3, 0.4) is 0 Å². The Morgan fingerprint density at radius 3 is 1.67 bits per heavy atom. The van der Waals surface area contributed by atoms with Crippen molar-refractivity contribution in [3.63, 3.8) is 0 Å². The number of hydrogen-bond donors (Lipinski definition) is 1. The highest BCUT2D eigenvalue weighted by Gasteiger charge is 2.26. The van der Waals surface area contributed by atoms with Crippen molar-refractivity contribution in [1.82, 2.24) is 9.97 Å². The summed E-state index contributed by atoms with van der Waals surface area (Å²) >= 11 is 4.69. The molecular formula is C42H28I2N4. The smallest absolute Gasteiger partial charge is 0.155 e. The van der Waals surface area contributed by atoms with Gasteiger partial charge >= 0.3 is 0 Å². The van der Waals surface area contributed by atoms with E-state index >= 15 is 0 Å². The van der Waals surface area contributed by atoms with Crippen molar-refractivity contribution >= 4 is 56.7 Å². The Morgan fingerprint density at radius 1 is 0.479 bits per heavy atom. The maximum absolute atomic E-state index is 5.11. The number of H-pyrrole nitrogens is 1. The number of aromatic nitrogens is 2. The molecular weight excluding hydrogens is 814 g/mol. The number of hydrogen-bond acceptors (Lipinski definition) is 3. The van der Waals surface area contributed by atoms with Crippen LogP contribution in [-0.4, -0.2) is 21.5 Å². The Bertz CT molecular complexity index is 2290. The van der Waals surface area contributed by atoms with Crippen molar-refractivity contribution in [3.05, 3.63) is 182 Å². The molecule has 0 bridgehead atoms. The first-order valence-electron chi connectivity index (χ1n) is 15.7. The van der Waals surface area contributed by atoms with E-state index in [-0.39, 0.29) is 6.04 Å². The van der Waals surface area contributed by atoms with Gasteiger partial charge < -0.3 is 4.98 Å². The summed E-state index contributed by atoms with van der Waals surface area (Å²) in [7, 11) is 0. The van der Waals surface area contributed by atoms with E-state index in [0.717, 1.165) is 76.8 Å². The third-order valence-corrected chi connectivity index (χ3v) is 9.81. The maximum atomic E-state index is 5.11. The molecule has 1 N–H and O–H groups in total. The summed E-state index contributed by atoms with van der Waals surface area (Å²) in [5.41, 5.74) is 11.7. The second-order valence-corrected chi connectivity index (χ2v) is 14.1. The van der Waals surface area contributed by atoms with Gasteiger partial charge in [-0.3, -0.25) is 4.99 Å². The number of imidazole rings is 1. The van der Waals surface area contributed by atoms with Gasteiger partial charge in [0.1, 0.15) is 11.9 Å². The number of rotatable bonds is 7. The van der Waals surface area contributed by atoms with Crippen molar-refractivity contribution in [2.24, 2.45) is 9.98 Å². The number of aromatic amines is 1. The Balaban J connectivity index is 1.10. The third-order valence-electron chi connectivity index (χ3n) is 8.47. The summed E-state index contributed by atoms with van der Waals surface area (Å²) in [5.74, 6) is 1.63. The van der Waals surface area contributed by atoms with E-state index in [4.69, 9.17) is 15.0 Å². The molecule has 0 radical (unpaired) electrons. The third kappa shape index (κ3) is 6.30. The van der Waals surface area contributed by atoms with Crippen LogP contribution in [0.25, 0.3) is 45.0 Å². The van der Waals surface area contributed by atoms with E-state index in [1.54, 1.807) is 0 Å². The summed E-state index contributed by atoms with van der Waals surface area (Å²) < 4.78 is 2.34. The van der Waals surface area contributed by atoms with Gasteiger partial charge in [-0.05, 0) is 91.7 Å². The Kier molecular flexibility index (Phi) is 8.59. The summed E-state index contributed by atoms with van der Waals surface area (Å²) in [6, 6.07) is 54.8. The first kappa shape index (κ1) is 30.7. The van der Waals surface area contributed by atoms with Crippen LogP contribution in [0.2, 0.25) is 0 Å². The number of aliphatic imine (C=N–C) groups is 2. The second kappa shape index (κ2) is 13.4. The molecule has 6 heteroatoms. The van der Waals surface area contributed by atoms with Crippen molar-refractivity contribution in [2.75, 3.05) is 0 Å². The van der Waals surface area contributed by atoms with E-state index in [9.17, 15) is 0 Å². The summed E-state index contributed by atoms with van der Waals surface area (Å²) in [4.78, 5) is 18.9. The highest BCUT2D eigenvalue weighted by Crippen LogP contribution is 2.35. The van der Waals surface area contributed by atoms with Crippen LogP contribution in [0.1, 0.15) is 22.7 Å². The molecule has 230 valence electrons. The van der Waals surface area contributed by atoms with Crippen LogP contribution in [-0.2, 0) is 0 Å². The van der Waals surface area contributed by atoms with Gasteiger partial charge in [0.05, 0.1) is 17.1 Å². The minimum atomic E-state index is -0.152. The van der Waals surface area contributed by atoms with E-state index in [1.807, 2.05) is 12.1 Å². The highest BCUT2D eigenvalue weighted by molar-refractivity contribution is 14.1. The predicted octanol–water partition coefficient (Wildman–Crippen LogP) is 11.3. The molecule has 4 nitrogen and oxygen atoms in total. The average molecular weight is 843 g/mol. The van der Waals surface area contributed by atoms with E-state index < -0.39 is 0 Å². The standard InChI is InChI=1S/C42H28I2N4/c43-35-15-7-13-33(25-35)41-45-37(29-9-3-1-4-10-29)39(47-41)31-21-17-27(18-22-31)28-19-23-32(24-20-28)40-38(30-11-5-2-6-12-30)46-42(48-40)34-14-8-16-36(44)26-34/h1-26,37H,(H,46,48)/t37-/m0/s1. The molecule has 0 saturated carbocycles. The zero-order chi connectivity index (χ0) is 32.5. The van der Waals surface area contributed by atoms with Gasteiger partial charge in [0.25, 0.3) is 0 Å². The molecule has 0 unspecified atom stereocenters. The lowest BCUT2D eigenvalue weighted by Gasteiger charge is -2.12. The number of amidine groups is 1. The summed E-state index contributed by atoms with van der Waals surface area (Å²) in [5, 5.41) is 0. The molecule has 0 spiro atoms. The number of nitrogens with one attached hydrogen (secondary N) is 1. The number of nitrogens with zero attached hydrogens (tertiary/aromatic N) is 3. The van der Waals surface area contributed by atoms with Crippen molar-refractivity contribution in [2.45, 2.75) is 6.04 Å². The first-order chi connectivity index (χ1) is 23.6. The lowest BCUT2D eigenvalue weighted by Crippen LogP contribution is -2.09. The van der Waals surface area contributed by atoms with Gasteiger partial charge in [0, 0.05) is 29.4 Å². The van der Waals surface area contributed by atoms with Crippen LogP contribution in [0.15, 0.2) is 168 Å². The van der Waals surface area contributed by atoms with Crippen LogP contribution in [0, 0.1) is 7.14 Å². The topological polar surface area (TPSA) is 53.4 Å². The molecule has 2 heterocycles. The zero-order valence-corrected chi connectivity index (χ0v) is 30.0. The summed E-state index contributed by atoms with van der Waals surface area (Å²) in [6.45, 7) is 0. The molecule has 0 aliphatic carbocycles. The first-order valence-corrected chi connectivity index (χ1v) is 17.8. The molecule has 1 aromatic heterocycles. The SMILES string of the molecule is Ic1cccc(C2=N[C@@H](c3ccccc3)C(c3ccc(-c4ccc(-c5nc(-c6cccc(I)c6)[nH]c5-c5ccccc5)cc4)cc3)=N2)c1. The van der Waals surface area contributed by atoms with Crippen LogP contribution in [0.4, 0.5) is 0 Å². The highest BCUT2D eigenvalue weighted by atomic mass is 127. The van der Waals surface area contributed by atoms with Crippen molar-refractivity contribution < 1.29 is 0 Å².